The lowest BCUT2D eigenvalue weighted by Gasteiger charge is -2.10. The molecule has 0 unspecified atom stereocenters. The van der Waals surface area contributed by atoms with E-state index in [1.807, 2.05) is 30.1 Å². The number of carbonyl (C=O) groups excluding carboxylic acids is 1. The number of aromatic nitrogens is 2. The number of carbonyl (C=O) groups is 1. The molecule has 2 atom stereocenters. The van der Waals surface area contributed by atoms with Gasteiger partial charge in [0.1, 0.15) is 0 Å². The van der Waals surface area contributed by atoms with Crippen molar-refractivity contribution in [3.05, 3.63) is 12.3 Å². The normalized spacial score (nSPS) is 20.9. The average molecular weight is 268 g/mol. The molecule has 1 aliphatic heterocycles. The van der Waals surface area contributed by atoms with Gasteiger partial charge in [-0.3, -0.25) is 9.48 Å². The molecule has 0 bridgehead atoms. The van der Waals surface area contributed by atoms with Crippen molar-refractivity contribution in [1.82, 2.24) is 15.1 Å². The van der Waals surface area contributed by atoms with Gasteiger partial charge in [-0.25, -0.2) is 0 Å². The second-order valence-electron chi connectivity index (χ2n) is 4.67. The maximum Gasteiger partial charge on any atom is 0.229 e. The van der Waals surface area contributed by atoms with Gasteiger partial charge < -0.3 is 10.6 Å². The third-order valence-corrected chi connectivity index (χ3v) is 3.97. The van der Waals surface area contributed by atoms with Crippen LogP contribution in [0.4, 0.5) is 5.82 Å². The molecule has 6 heteroatoms. The summed E-state index contributed by atoms with van der Waals surface area (Å²) in [6, 6.07) is 2.28. The van der Waals surface area contributed by atoms with E-state index in [4.69, 9.17) is 0 Å². The number of rotatable bonds is 5. The molecule has 1 aromatic rings. The Morgan fingerprint density at radius 3 is 3.28 bits per heavy atom. The molecule has 0 aromatic carbocycles. The van der Waals surface area contributed by atoms with Crippen LogP contribution in [-0.2, 0) is 4.79 Å². The summed E-state index contributed by atoms with van der Waals surface area (Å²) in [6.07, 6.45) is 5.04. The molecule has 2 rings (SSSR count). The first-order valence-corrected chi connectivity index (χ1v) is 7.65. The van der Waals surface area contributed by atoms with Crippen molar-refractivity contribution < 1.29 is 4.79 Å². The number of thioether (sulfide) groups is 1. The zero-order valence-electron chi connectivity index (χ0n) is 10.8. The Morgan fingerprint density at radius 1 is 1.78 bits per heavy atom. The fourth-order valence-electron chi connectivity index (χ4n) is 2.05. The Hall–Kier alpha value is -1.01. The van der Waals surface area contributed by atoms with Gasteiger partial charge in [0.2, 0.25) is 5.91 Å². The minimum atomic E-state index is 0.0123. The maximum absolute atomic E-state index is 11.8. The maximum atomic E-state index is 11.8. The molecular weight excluding hydrogens is 248 g/mol. The predicted molar refractivity (Wildman–Crippen MR) is 74.9 cm³/mol. The quantitative estimate of drug-likeness (QED) is 0.846. The van der Waals surface area contributed by atoms with E-state index in [0.29, 0.717) is 11.9 Å². The molecule has 1 amide bonds. The molecule has 0 radical (unpaired) electrons. The molecule has 1 aliphatic rings. The molecule has 1 aromatic heterocycles. The van der Waals surface area contributed by atoms with Crippen molar-refractivity contribution in [2.24, 2.45) is 5.92 Å². The van der Waals surface area contributed by atoms with Crippen LogP contribution in [0.5, 0.6) is 0 Å². The van der Waals surface area contributed by atoms with E-state index >= 15 is 0 Å². The van der Waals surface area contributed by atoms with Crippen LogP contribution in [0, 0.1) is 5.92 Å². The standard InChI is InChI=1S/C12H20N4OS/c1-9(8-18-2)12(17)14-11-4-6-16(15-11)10-3-5-13-7-10/h4,6,9-10,13H,3,5,7-8H2,1-2H3,(H,14,15,17)/t9-,10-/m1/s1. The summed E-state index contributed by atoms with van der Waals surface area (Å²) in [7, 11) is 0. The predicted octanol–water partition coefficient (Wildman–Crippen LogP) is 1.36. The van der Waals surface area contributed by atoms with Gasteiger partial charge in [0.05, 0.1) is 6.04 Å². The number of hydrogen-bond donors (Lipinski definition) is 2. The zero-order chi connectivity index (χ0) is 13.0. The summed E-state index contributed by atoms with van der Waals surface area (Å²) in [5.41, 5.74) is 0. The molecule has 0 spiro atoms. The van der Waals surface area contributed by atoms with E-state index in [0.717, 1.165) is 25.3 Å². The van der Waals surface area contributed by atoms with Crippen LogP contribution in [-0.4, -0.2) is 40.8 Å². The molecular formula is C12H20N4OS. The molecule has 2 heterocycles. The summed E-state index contributed by atoms with van der Waals surface area (Å²) in [6.45, 7) is 3.93. The molecule has 1 fully saturated rings. The Morgan fingerprint density at radius 2 is 2.61 bits per heavy atom. The van der Waals surface area contributed by atoms with Crippen LogP contribution in [0.2, 0.25) is 0 Å². The topological polar surface area (TPSA) is 59.0 Å². The van der Waals surface area contributed by atoms with Crippen molar-refractivity contribution in [1.29, 1.82) is 0 Å². The van der Waals surface area contributed by atoms with Crippen molar-refractivity contribution in [3.8, 4) is 0 Å². The van der Waals surface area contributed by atoms with Gasteiger partial charge in [-0.05, 0) is 19.2 Å². The second kappa shape index (κ2) is 6.24. The smallest absolute Gasteiger partial charge is 0.229 e. The van der Waals surface area contributed by atoms with Crippen molar-refractivity contribution in [2.45, 2.75) is 19.4 Å². The Kier molecular flexibility index (Phi) is 4.66. The van der Waals surface area contributed by atoms with Gasteiger partial charge in [-0.2, -0.15) is 16.9 Å². The molecule has 5 nitrogen and oxygen atoms in total. The van der Waals surface area contributed by atoms with Crippen LogP contribution >= 0.6 is 11.8 Å². The van der Waals surface area contributed by atoms with Gasteiger partial charge in [-0.1, -0.05) is 6.92 Å². The Balaban J connectivity index is 1.91. The SMILES string of the molecule is CSC[C@@H](C)C(=O)Nc1ccn([C@@H]2CCNC2)n1. The van der Waals surface area contributed by atoms with E-state index < -0.39 is 0 Å². The third kappa shape index (κ3) is 3.26. The first kappa shape index (κ1) is 13.4. The summed E-state index contributed by atoms with van der Waals surface area (Å²) in [5.74, 6) is 1.54. The first-order valence-electron chi connectivity index (χ1n) is 6.26. The lowest BCUT2D eigenvalue weighted by atomic mass is 10.2. The van der Waals surface area contributed by atoms with E-state index in [-0.39, 0.29) is 11.8 Å². The lowest BCUT2D eigenvalue weighted by Crippen LogP contribution is -2.22. The van der Waals surface area contributed by atoms with Gasteiger partial charge >= 0.3 is 0 Å². The number of hydrogen-bond acceptors (Lipinski definition) is 4. The van der Waals surface area contributed by atoms with E-state index in [1.165, 1.54) is 0 Å². The fourth-order valence-corrected chi connectivity index (χ4v) is 2.70. The minimum absolute atomic E-state index is 0.0123. The van der Waals surface area contributed by atoms with Crippen molar-refractivity contribution >= 4 is 23.5 Å². The van der Waals surface area contributed by atoms with Crippen LogP contribution in [0.1, 0.15) is 19.4 Å². The highest BCUT2D eigenvalue weighted by molar-refractivity contribution is 7.98. The largest absolute Gasteiger partial charge is 0.315 e. The first-order chi connectivity index (χ1) is 8.70. The number of nitrogens with zero attached hydrogens (tertiary/aromatic N) is 2. The third-order valence-electron chi connectivity index (χ3n) is 3.13. The van der Waals surface area contributed by atoms with E-state index in [1.54, 1.807) is 11.8 Å². The molecule has 18 heavy (non-hydrogen) atoms. The van der Waals surface area contributed by atoms with E-state index in [9.17, 15) is 4.79 Å². The summed E-state index contributed by atoms with van der Waals surface area (Å²) < 4.78 is 1.94. The monoisotopic (exact) mass is 268 g/mol. The van der Waals surface area contributed by atoms with E-state index in [2.05, 4.69) is 15.7 Å². The van der Waals surface area contributed by atoms with Crippen LogP contribution < -0.4 is 10.6 Å². The average Bonchev–Trinajstić information content (AvgIpc) is 2.98. The molecule has 2 N–H and O–H groups in total. The zero-order valence-corrected chi connectivity index (χ0v) is 11.7. The minimum Gasteiger partial charge on any atom is -0.315 e. The molecule has 0 aliphatic carbocycles. The van der Waals surface area contributed by atoms with Gasteiger partial charge in [0, 0.05) is 30.5 Å². The molecule has 100 valence electrons. The lowest BCUT2D eigenvalue weighted by molar-refractivity contribution is -0.118. The highest BCUT2D eigenvalue weighted by Gasteiger charge is 2.18. The second-order valence-corrected chi connectivity index (χ2v) is 5.58. The van der Waals surface area contributed by atoms with Crippen LogP contribution in [0.25, 0.3) is 0 Å². The van der Waals surface area contributed by atoms with Gasteiger partial charge in [-0.15, -0.1) is 0 Å². The molecule has 1 saturated heterocycles. The van der Waals surface area contributed by atoms with Crippen LogP contribution in [0.3, 0.4) is 0 Å². The highest BCUT2D eigenvalue weighted by Crippen LogP contribution is 2.16. The van der Waals surface area contributed by atoms with Gasteiger partial charge in [0.15, 0.2) is 5.82 Å². The Bertz CT molecular complexity index is 401. The number of nitrogens with one attached hydrogen (secondary N) is 2. The number of amides is 1. The van der Waals surface area contributed by atoms with Crippen molar-refractivity contribution in [2.75, 3.05) is 30.4 Å². The van der Waals surface area contributed by atoms with Gasteiger partial charge in [0.25, 0.3) is 0 Å². The Labute approximate surface area is 112 Å². The van der Waals surface area contributed by atoms with Crippen molar-refractivity contribution in [3.63, 3.8) is 0 Å². The number of anilines is 1. The summed E-state index contributed by atoms with van der Waals surface area (Å²) in [5, 5.41) is 10.6. The highest BCUT2D eigenvalue weighted by atomic mass is 32.2. The summed E-state index contributed by atoms with van der Waals surface area (Å²) >= 11 is 1.68. The summed E-state index contributed by atoms with van der Waals surface area (Å²) in [4.78, 5) is 11.8. The van der Waals surface area contributed by atoms with Crippen LogP contribution in [0.15, 0.2) is 12.3 Å². The molecule has 0 saturated carbocycles. The fraction of sp³-hybridized carbons (Fsp3) is 0.667.